The summed E-state index contributed by atoms with van der Waals surface area (Å²) in [6.45, 7) is 3.01. The van der Waals surface area contributed by atoms with Gasteiger partial charge in [-0.25, -0.2) is 9.97 Å². The number of ether oxygens (including phenoxy) is 1. The average Bonchev–Trinajstić information content (AvgIpc) is 3.53. The maximum Gasteiger partial charge on any atom is 0.230 e. The number of carbonyl (C=O) groups is 1. The molecule has 0 unspecified atom stereocenters. The van der Waals surface area contributed by atoms with E-state index in [1.54, 1.807) is 23.4 Å². The van der Waals surface area contributed by atoms with Gasteiger partial charge in [-0.3, -0.25) is 14.5 Å². The van der Waals surface area contributed by atoms with Gasteiger partial charge in [-0.15, -0.1) is 0 Å². The SMILES string of the molecule is Cn1nc(-c2cccnc2)cc1CC(=O)Nc1ccc(-c2cc3c(N4CCOCC4)ncnc3[nH]2)cc1. The maximum absolute atomic E-state index is 12.7. The monoisotopic (exact) mass is 494 g/mol. The first-order chi connectivity index (χ1) is 18.1. The van der Waals surface area contributed by atoms with E-state index in [1.165, 1.54) is 0 Å². The number of pyridine rings is 1. The molecule has 1 aromatic carbocycles. The number of hydrogen-bond donors (Lipinski definition) is 2. The number of nitrogens with one attached hydrogen (secondary N) is 2. The lowest BCUT2D eigenvalue weighted by molar-refractivity contribution is -0.115. The molecule has 0 atom stereocenters. The number of nitrogens with zero attached hydrogens (tertiary/aromatic N) is 6. The molecule has 5 aromatic rings. The van der Waals surface area contributed by atoms with Crippen LogP contribution in [-0.2, 0) is 23.0 Å². The Hall–Kier alpha value is -4.57. The standard InChI is InChI=1S/C27H26N8O2/c1-34-21(13-24(33-34)19-3-2-8-28-16-19)14-25(36)31-20-6-4-18(5-7-20)23-15-22-26(32-23)29-17-30-27(22)35-9-11-37-12-10-35/h2-8,13,15-17H,9-12,14H2,1H3,(H,31,36)(H,29,30,32). The normalized spacial score (nSPS) is 13.7. The van der Waals surface area contributed by atoms with Gasteiger partial charge < -0.3 is 19.9 Å². The Morgan fingerprint density at radius 3 is 2.70 bits per heavy atom. The Balaban J connectivity index is 1.15. The van der Waals surface area contributed by atoms with Crippen LogP contribution in [0.4, 0.5) is 11.5 Å². The fourth-order valence-corrected chi connectivity index (χ4v) is 4.54. The van der Waals surface area contributed by atoms with Crippen molar-refractivity contribution in [3.8, 4) is 22.5 Å². The van der Waals surface area contributed by atoms with E-state index in [2.05, 4.69) is 41.3 Å². The second-order valence-electron chi connectivity index (χ2n) is 8.93. The van der Waals surface area contributed by atoms with Gasteiger partial charge in [-0.05, 0) is 42.0 Å². The third kappa shape index (κ3) is 4.78. The second kappa shape index (κ2) is 9.82. The Morgan fingerprint density at radius 2 is 1.92 bits per heavy atom. The van der Waals surface area contributed by atoms with Gasteiger partial charge >= 0.3 is 0 Å². The van der Waals surface area contributed by atoms with Crippen LogP contribution in [0.15, 0.2) is 67.3 Å². The molecule has 10 heteroatoms. The van der Waals surface area contributed by atoms with Gasteiger partial charge in [0.1, 0.15) is 17.8 Å². The number of aromatic nitrogens is 6. The lowest BCUT2D eigenvalue weighted by atomic mass is 10.1. The number of aryl methyl sites for hydroxylation is 1. The fourth-order valence-electron chi connectivity index (χ4n) is 4.54. The molecule has 5 heterocycles. The predicted octanol–water partition coefficient (Wildman–Crippen LogP) is 3.44. The van der Waals surface area contributed by atoms with Gasteiger partial charge in [-0.1, -0.05) is 12.1 Å². The number of benzene rings is 1. The molecule has 0 aliphatic carbocycles. The lowest BCUT2D eigenvalue weighted by Crippen LogP contribution is -2.36. The van der Waals surface area contributed by atoms with E-state index in [0.717, 1.165) is 63.8 Å². The van der Waals surface area contributed by atoms with Crippen molar-refractivity contribution in [2.24, 2.45) is 7.05 Å². The third-order valence-corrected chi connectivity index (χ3v) is 6.47. The van der Waals surface area contributed by atoms with E-state index < -0.39 is 0 Å². The summed E-state index contributed by atoms with van der Waals surface area (Å²) in [4.78, 5) is 31.4. The minimum atomic E-state index is -0.107. The molecule has 0 bridgehead atoms. The van der Waals surface area contributed by atoms with E-state index in [1.807, 2.05) is 49.5 Å². The van der Waals surface area contributed by atoms with Crippen molar-refractivity contribution in [2.45, 2.75) is 6.42 Å². The van der Waals surface area contributed by atoms with E-state index in [-0.39, 0.29) is 12.3 Å². The molecule has 37 heavy (non-hydrogen) atoms. The van der Waals surface area contributed by atoms with Crippen molar-refractivity contribution < 1.29 is 9.53 Å². The van der Waals surface area contributed by atoms with Crippen molar-refractivity contribution in [1.29, 1.82) is 0 Å². The van der Waals surface area contributed by atoms with Gasteiger partial charge in [0.25, 0.3) is 0 Å². The Morgan fingerprint density at radius 1 is 1.08 bits per heavy atom. The summed E-state index contributed by atoms with van der Waals surface area (Å²) in [6.07, 6.45) is 5.29. The zero-order valence-corrected chi connectivity index (χ0v) is 20.4. The summed E-state index contributed by atoms with van der Waals surface area (Å²) in [5.41, 5.74) is 6.00. The first kappa shape index (κ1) is 22.9. The number of rotatable bonds is 6. The molecule has 0 spiro atoms. The topological polar surface area (TPSA) is 114 Å². The van der Waals surface area contributed by atoms with Gasteiger partial charge in [0.15, 0.2) is 0 Å². The van der Waals surface area contributed by atoms with Crippen molar-refractivity contribution in [3.05, 3.63) is 72.9 Å². The summed E-state index contributed by atoms with van der Waals surface area (Å²) < 4.78 is 7.21. The zero-order chi connectivity index (χ0) is 25.2. The summed E-state index contributed by atoms with van der Waals surface area (Å²) in [6, 6.07) is 15.6. The van der Waals surface area contributed by atoms with Crippen LogP contribution < -0.4 is 10.2 Å². The molecular formula is C27H26N8O2. The number of fused-ring (bicyclic) bond motifs is 1. The highest BCUT2D eigenvalue weighted by atomic mass is 16.5. The highest BCUT2D eigenvalue weighted by molar-refractivity contribution is 5.94. The highest BCUT2D eigenvalue weighted by Crippen LogP contribution is 2.29. The van der Waals surface area contributed by atoms with Crippen LogP contribution in [0.25, 0.3) is 33.5 Å². The fraction of sp³-hybridized carbons (Fsp3) is 0.222. The second-order valence-corrected chi connectivity index (χ2v) is 8.93. The number of carbonyl (C=O) groups excluding carboxylic acids is 1. The summed E-state index contributed by atoms with van der Waals surface area (Å²) in [5.74, 6) is 0.811. The van der Waals surface area contributed by atoms with E-state index in [0.29, 0.717) is 13.2 Å². The molecule has 1 fully saturated rings. The molecule has 0 radical (unpaired) electrons. The van der Waals surface area contributed by atoms with Crippen LogP contribution in [0.5, 0.6) is 0 Å². The van der Waals surface area contributed by atoms with Crippen LogP contribution in [0.1, 0.15) is 5.69 Å². The Labute approximate surface area is 213 Å². The smallest absolute Gasteiger partial charge is 0.230 e. The largest absolute Gasteiger partial charge is 0.378 e. The predicted molar refractivity (Wildman–Crippen MR) is 141 cm³/mol. The van der Waals surface area contributed by atoms with Crippen LogP contribution in [0, 0.1) is 0 Å². The number of anilines is 2. The molecule has 186 valence electrons. The lowest BCUT2D eigenvalue weighted by Gasteiger charge is -2.27. The zero-order valence-electron chi connectivity index (χ0n) is 20.4. The number of morpholine rings is 1. The molecule has 1 amide bonds. The van der Waals surface area contributed by atoms with E-state index in [4.69, 9.17) is 4.74 Å². The molecule has 1 aliphatic heterocycles. The van der Waals surface area contributed by atoms with E-state index in [9.17, 15) is 4.79 Å². The van der Waals surface area contributed by atoms with Gasteiger partial charge in [-0.2, -0.15) is 5.10 Å². The number of H-pyrrole nitrogens is 1. The summed E-state index contributed by atoms with van der Waals surface area (Å²) >= 11 is 0. The third-order valence-electron chi connectivity index (χ3n) is 6.47. The number of hydrogen-bond acceptors (Lipinski definition) is 7. The summed E-state index contributed by atoms with van der Waals surface area (Å²) in [5, 5.41) is 8.48. The maximum atomic E-state index is 12.7. The van der Waals surface area contributed by atoms with Crippen LogP contribution in [-0.4, -0.2) is 61.9 Å². The van der Waals surface area contributed by atoms with E-state index >= 15 is 0 Å². The quantitative estimate of drug-likeness (QED) is 0.372. The first-order valence-corrected chi connectivity index (χ1v) is 12.1. The highest BCUT2D eigenvalue weighted by Gasteiger charge is 2.18. The first-order valence-electron chi connectivity index (χ1n) is 12.1. The molecule has 1 saturated heterocycles. The van der Waals surface area contributed by atoms with Gasteiger partial charge in [0.2, 0.25) is 5.91 Å². The molecule has 2 N–H and O–H groups in total. The Bertz CT molecular complexity index is 1540. The van der Waals surface area contributed by atoms with Crippen LogP contribution >= 0.6 is 0 Å². The Kier molecular flexibility index (Phi) is 6.07. The van der Waals surface area contributed by atoms with Crippen LogP contribution in [0.2, 0.25) is 0 Å². The van der Waals surface area contributed by atoms with Crippen molar-refractivity contribution in [2.75, 3.05) is 36.5 Å². The number of aromatic amines is 1. The summed E-state index contributed by atoms with van der Waals surface area (Å²) in [7, 11) is 1.84. The van der Waals surface area contributed by atoms with Crippen molar-refractivity contribution >= 4 is 28.4 Å². The molecule has 0 saturated carbocycles. The van der Waals surface area contributed by atoms with Crippen molar-refractivity contribution in [3.63, 3.8) is 0 Å². The molecule has 10 nitrogen and oxygen atoms in total. The molecule has 1 aliphatic rings. The molecule has 4 aromatic heterocycles. The minimum absolute atomic E-state index is 0.107. The van der Waals surface area contributed by atoms with Gasteiger partial charge in [0, 0.05) is 55.2 Å². The molecular weight excluding hydrogens is 468 g/mol. The number of amides is 1. The van der Waals surface area contributed by atoms with Gasteiger partial charge in [0.05, 0.1) is 30.7 Å². The van der Waals surface area contributed by atoms with Crippen LogP contribution in [0.3, 0.4) is 0 Å². The van der Waals surface area contributed by atoms with Crippen molar-refractivity contribution in [1.82, 2.24) is 29.7 Å². The average molecular weight is 495 g/mol. The minimum Gasteiger partial charge on any atom is -0.378 e. The molecule has 6 rings (SSSR count).